The molecule has 0 fully saturated rings. The van der Waals surface area contributed by atoms with Crippen LogP contribution in [0.2, 0.25) is 0 Å². The molecule has 0 spiro atoms. The number of hydrogen-bond acceptors (Lipinski definition) is 3. The van der Waals surface area contributed by atoms with Gasteiger partial charge in [-0.05, 0) is 73.8 Å². The van der Waals surface area contributed by atoms with Gasteiger partial charge in [-0.3, -0.25) is 0 Å². The number of hydrogen-bond donors (Lipinski definition) is 2. The van der Waals surface area contributed by atoms with Crippen molar-refractivity contribution in [2.45, 2.75) is 96.9 Å². The van der Waals surface area contributed by atoms with Crippen LogP contribution in [0.15, 0.2) is 87.0 Å². The van der Waals surface area contributed by atoms with Gasteiger partial charge >= 0.3 is 0 Å². The molecule has 198 valence electrons. The van der Waals surface area contributed by atoms with Crippen LogP contribution < -0.4 is 16.0 Å². The van der Waals surface area contributed by atoms with E-state index in [0.717, 1.165) is 52.1 Å². The maximum atomic E-state index is 5.06. The molecule has 0 saturated carbocycles. The van der Waals surface area contributed by atoms with E-state index >= 15 is 0 Å². The number of aromatic nitrogens is 1. The molecule has 1 aromatic rings. The van der Waals surface area contributed by atoms with E-state index in [1.807, 2.05) is 6.08 Å². The SMILES string of the molecule is CCCCCCC/C1=C2\C=CC(=N2)/C=c2/cc/c([nH]2)=C(\CCCCCCC)C2=C=CC(=N2)/C=C2/C=CC1N2. The molecule has 4 aliphatic heterocycles. The lowest BCUT2D eigenvalue weighted by Crippen LogP contribution is -2.24. The maximum Gasteiger partial charge on any atom is 0.111 e. The van der Waals surface area contributed by atoms with Gasteiger partial charge in [-0.2, -0.15) is 0 Å². The van der Waals surface area contributed by atoms with Gasteiger partial charge < -0.3 is 10.3 Å². The zero-order valence-corrected chi connectivity index (χ0v) is 23.2. The van der Waals surface area contributed by atoms with Crippen LogP contribution in [0, 0.1) is 0 Å². The lowest BCUT2D eigenvalue weighted by atomic mass is 9.98. The van der Waals surface area contributed by atoms with Gasteiger partial charge in [0.05, 0.1) is 23.2 Å². The molecule has 0 radical (unpaired) electrons. The lowest BCUT2D eigenvalue weighted by Gasteiger charge is -2.17. The van der Waals surface area contributed by atoms with Gasteiger partial charge in [0.1, 0.15) is 5.70 Å². The molecular formula is C34H42N4. The van der Waals surface area contributed by atoms with Crippen molar-refractivity contribution in [2.24, 2.45) is 9.98 Å². The summed E-state index contributed by atoms with van der Waals surface area (Å²) in [5, 5.41) is 5.95. The molecule has 4 heteroatoms. The van der Waals surface area contributed by atoms with Crippen molar-refractivity contribution >= 4 is 23.1 Å². The van der Waals surface area contributed by atoms with Crippen LogP contribution in [0.4, 0.5) is 0 Å². The van der Waals surface area contributed by atoms with Crippen LogP contribution in [0.25, 0.3) is 11.6 Å². The Morgan fingerprint density at radius 3 is 2.39 bits per heavy atom. The zero-order chi connectivity index (χ0) is 26.2. The van der Waals surface area contributed by atoms with E-state index in [0.29, 0.717) is 0 Å². The number of H-pyrrole nitrogens is 1. The molecule has 1 aromatic heterocycles. The second-order valence-corrected chi connectivity index (χ2v) is 10.8. The average Bonchev–Trinajstić information content (AvgIpc) is 3.73. The summed E-state index contributed by atoms with van der Waals surface area (Å²) >= 11 is 0. The van der Waals surface area contributed by atoms with E-state index in [1.165, 1.54) is 75.4 Å². The first-order chi connectivity index (χ1) is 18.7. The van der Waals surface area contributed by atoms with Gasteiger partial charge in [-0.25, -0.2) is 9.98 Å². The molecule has 2 N–H and O–H groups in total. The quantitative estimate of drug-likeness (QED) is 0.236. The highest BCUT2D eigenvalue weighted by molar-refractivity contribution is 6.19. The number of unbranched alkanes of at least 4 members (excludes halogenated alkanes) is 8. The van der Waals surface area contributed by atoms with Crippen molar-refractivity contribution in [3.05, 3.63) is 87.7 Å². The molecule has 0 aliphatic carbocycles. The number of allylic oxidation sites excluding steroid dienone is 5. The molecule has 5 heterocycles. The highest BCUT2D eigenvalue weighted by atomic mass is 15.0. The normalized spacial score (nSPS) is 25.0. The number of fused-ring (bicyclic) bond motifs is 6. The molecule has 38 heavy (non-hydrogen) atoms. The molecule has 0 amide bonds. The van der Waals surface area contributed by atoms with Crippen LogP contribution in [0.5, 0.6) is 0 Å². The molecule has 0 aromatic carbocycles. The van der Waals surface area contributed by atoms with Gasteiger partial charge in [0, 0.05) is 28.0 Å². The summed E-state index contributed by atoms with van der Waals surface area (Å²) < 4.78 is 0. The van der Waals surface area contributed by atoms with E-state index in [2.05, 4.69) is 78.5 Å². The number of rotatable bonds is 12. The third-order valence-electron chi connectivity index (χ3n) is 7.76. The Morgan fingerprint density at radius 2 is 1.58 bits per heavy atom. The minimum absolute atomic E-state index is 0.170. The van der Waals surface area contributed by atoms with E-state index in [4.69, 9.17) is 9.98 Å². The van der Waals surface area contributed by atoms with Crippen molar-refractivity contribution in [3.63, 3.8) is 0 Å². The zero-order valence-electron chi connectivity index (χ0n) is 23.2. The smallest absolute Gasteiger partial charge is 0.111 e. The summed E-state index contributed by atoms with van der Waals surface area (Å²) in [6.45, 7) is 4.54. The van der Waals surface area contributed by atoms with Crippen molar-refractivity contribution in [1.29, 1.82) is 0 Å². The van der Waals surface area contributed by atoms with Crippen LogP contribution in [0.1, 0.15) is 90.9 Å². The molecular weight excluding hydrogens is 464 g/mol. The van der Waals surface area contributed by atoms with Crippen molar-refractivity contribution in [3.8, 4) is 0 Å². The summed E-state index contributed by atoms with van der Waals surface area (Å²) in [6.07, 6.45) is 29.9. The van der Waals surface area contributed by atoms with Gasteiger partial charge in [-0.15, -0.1) is 0 Å². The first kappa shape index (κ1) is 26.3. The van der Waals surface area contributed by atoms with E-state index < -0.39 is 0 Å². The highest BCUT2D eigenvalue weighted by Crippen LogP contribution is 2.28. The Kier molecular flexibility index (Phi) is 8.94. The number of aromatic amines is 1. The van der Waals surface area contributed by atoms with Crippen LogP contribution in [0.3, 0.4) is 0 Å². The standard InChI is InChI=1S/C34H42N4/c1-3-5-7-9-11-13-29-31-19-15-25(35-31)23-27-17-21-33(37-27)30(14-12-10-8-6-4-2)34-22-18-28(38-34)24-26-16-20-32(29)36-26/h15-21,23-24,32,36-37H,3-14H2,1-2H3/b26-24-,27-23-,31-29-,33-30-. The predicted octanol–water partition coefficient (Wildman–Crippen LogP) is 6.85. The van der Waals surface area contributed by atoms with Crippen LogP contribution in [-0.2, 0) is 0 Å². The fourth-order valence-corrected chi connectivity index (χ4v) is 5.61. The van der Waals surface area contributed by atoms with Gasteiger partial charge in [0.15, 0.2) is 0 Å². The fourth-order valence-electron chi connectivity index (χ4n) is 5.61. The van der Waals surface area contributed by atoms with E-state index in [9.17, 15) is 0 Å². The molecule has 8 bridgehead atoms. The van der Waals surface area contributed by atoms with Gasteiger partial charge in [-0.1, -0.05) is 77.0 Å². The summed E-state index contributed by atoms with van der Waals surface area (Å²) in [5.41, 5.74) is 11.2. The lowest BCUT2D eigenvalue weighted by molar-refractivity contribution is 0.614. The van der Waals surface area contributed by atoms with Crippen molar-refractivity contribution in [2.75, 3.05) is 0 Å². The van der Waals surface area contributed by atoms with Crippen LogP contribution in [-0.4, -0.2) is 22.4 Å². The monoisotopic (exact) mass is 506 g/mol. The Hall–Kier alpha value is -3.36. The highest BCUT2D eigenvalue weighted by Gasteiger charge is 2.21. The molecule has 4 aliphatic rings. The largest absolute Gasteiger partial charge is 0.375 e. The van der Waals surface area contributed by atoms with E-state index in [1.54, 1.807) is 0 Å². The molecule has 5 rings (SSSR count). The number of aliphatic imine (C=N–C) groups is 2. The second-order valence-electron chi connectivity index (χ2n) is 10.8. The van der Waals surface area contributed by atoms with E-state index in [-0.39, 0.29) is 6.04 Å². The topological polar surface area (TPSA) is 52.5 Å². The van der Waals surface area contributed by atoms with Gasteiger partial charge in [0.2, 0.25) is 0 Å². The molecule has 1 unspecified atom stereocenters. The minimum atomic E-state index is 0.170. The number of nitrogens with zero attached hydrogens (tertiary/aromatic N) is 2. The fraction of sp³-hybridized carbons (Fsp3) is 0.441. The predicted molar refractivity (Wildman–Crippen MR) is 161 cm³/mol. The summed E-state index contributed by atoms with van der Waals surface area (Å²) in [5.74, 6) is 0. The maximum absolute atomic E-state index is 5.06. The summed E-state index contributed by atoms with van der Waals surface area (Å²) in [4.78, 5) is 13.7. The Balaban J connectivity index is 1.49. The molecule has 4 nitrogen and oxygen atoms in total. The third-order valence-corrected chi connectivity index (χ3v) is 7.76. The Bertz CT molecular complexity index is 1400. The third kappa shape index (κ3) is 6.55. The van der Waals surface area contributed by atoms with Crippen molar-refractivity contribution < 1.29 is 0 Å². The van der Waals surface area contributed by atoms with Crippen molar-refractivity contribution in [1.82, 2.24) is 10.3 Å². The first-order valence-electron chi connectivity index (χ1n) is 14.9. The van der Waals surface area contributed by atoms with Gasteiger partial charge in [0.25, 0.3) is 0 Å². The first-order valence-corrected chi connectivity index (χ1v) is 14.9. The minimum Gasteiger partial charge on any atom is -0.375 e. The second kappa shape index (κ2) is 12.9. The molecule has 0 saturated heterocycles. The summed E-state index contributed by atoms with van der Waals surface area (Å²) in [7, 11) is 0. The number of nitrogens with one attached hydrogen (secondary N) is 2. The Morgan fingerprint density at radius 1 is 0.789 bits per heavy atom. The van der Waals surface area contributed by atoms with Crippen LogP contribution >= 0.6 is 0 Å². The summed E-state index contributed by atoms with van der Waals surface area (Å²) in [6, 6.07) is 4.52. The Labute approximate surface area is 227 Å². The molecule has 1 atom stereocenters. The average molecular weight is 507 g/mol.